The number of allylic oxidation sites excluding steroid dienone is 2. The second-order valence-electron chi connectivity index (χ2n) is 2.76. The van der Waals surface area contributed by atoms with Crippen molar-refractivity contribution in [2.45, 2.75) is 0 Å². The van der Waals surface area contributed by atoms with Gasteiger partial charge in [0.05, 0.1) is 23.3 Å². The normalized spacial score (nSPS) is 8.43. The largest absolute Gasteiger partial charge is 0.192 e. The fourth-order valence-electron chi connectivity index (χ4n) is 1.00. The molecule has 0 aromatic heterocycles. The first-order valence-corrected chi connectivity index (χ1v) is 3.98. The molecule has 2 heteroatoms. The summed E-state index contributed by atoms with van der Waals surface area (Å²) in [7, 11) is 0. The van der Waals surface area contributed by atoms with Crippen LogP contribution in [0.3, 0.4) is 0 Å². The smallest absolute Gasteiger partial charge is 0.0991 e. The molecule has 66 valence electrons. The van der Waals surface area contributed by atoms with Crippen LogP contribution >= 0.6 is 0 Å². The molecular formula is C12H8N2. The molecule has 0 aliphatic carbocycles. The van der Waals surface area contributed by atoms with Gasteiger partial charge >= 0.3 is 0 Å². The van der Waals surface area contributed by atoms with E-state index in [-0.39, 0.29) is 0 Å². The molecule has 0 atom stereocenters. The van der Waals surface area contributed by atoms with Crippen LogP contribution in [-0.4, -0.2) is 0 Å². The molecule has 0 saturated heterocycles. The van der Waals surface area contributed by atoms with E-state index in [0.29, 0.717) is 11.1 Å². The molecular weight excluding hydrogens is 172 g/mol. The van der Waals surface area contributed by atoms with E-state index in [0.717, 1.165) is 11.1 Å². The minimum atomic E-state index is 0.416. The summed E-state index contributed by atoms with van der Waals surface area (Å²) in [5.41, 5.74) is 2.36. The van der Waals surface area contributed by atoms with E-state index in [2.05, 4.69) is 13.2 Å². The summed E-state index contributed by atoms with van der Waals surface area (Å²) in [5.74, 6) is 0. The predicted molar refractivity (Wildman–Crippen MR) is 55.7 cm³/mol. The molecule has 2 nitrogen and oxygen atoms in total. The van der Waals surface area contributed by atoms with Gasteiger partial charge in [-0.05, 0) is 11.1 Å². The van der Waals surface area contributed by atoms with Crippen molar-refractivity contribution in [3.63, 3.8) is 0 Å². The number of rotatable bonds is 2. The van der Waals surface area contributed by atoms with E-state index in [1.807, 2.05) is 12.1 Å². The monoisotopic (exact) mass is 180 g/mol. The lowest BCUT2D eigenvalue weighted by atomic mass is 10.0. The lowest BCUT2D eigenvalue weighted by Gasteiger charge is -1.99. The van der Waals surface area contributed by atoms with Crippen molar-refractivity contribution < 1.29 is 0 Å². The topological polar surface area (TPSA) is 47.6 Å². The Kier molecular flexibility index (Phi) is 2.84. The average molecular weight is 180 g/mol. The Bertz CT molecular complexity index is 408. The minimum absolute atomic E-state index is 0.416. The standard InChI is InChI=1S/C12H8N2/c1-9(7-13)11-3-5-12(6-4-11)10(2)8-14/h3-6H,1-2H2. The van der Waals surface area contributed by atoms with Gasteiger partial charge in [-0.3, -0.25) is 0 Å². The van der Waals surface area contributed by atoms with Crippen LogP contribution in [0.2, 0.25) is 0 Å². The van der Waals surface area contributed by atoms with E-state index in [1.54, 1.807) is 24.3 Å². The highest BCUT2D eigenvalue weighted by molar-refractivity contribution is 5.78. The van der Waals surface area contributed by atoms with Crippen LogP contribution in [0.1, 0.15) is 11.1 Å². The predicted octanol–water partition coefficient (Wildman–Crippen LogP) is 2.76. The third-order valence-corrected chi connectivity index (χ3v) is 1.85. The highest BCUT2D eigenvalue weighted by atomic mass is 14.2. The molecule has 14 heavy (non-hydrogen) atoms. The lowest BCUT2D eigenvalue weighted by molar-refractivity contribution is 1.50. The van der Waals surface area contributed by atoms with Crippen molar-refractivity contribution in [1.29, 1.82) is 10.5 Å². The molecule has 0 amide bonds. The van der Waals surface area contributed by atoms with Crippen molar-refractivity contribution in [1.82, 2.24) is 0 Å². The van der Waals surface area contributed by atoms with Gasteiger partial charge in [0.15, 0.2) is 0 Å². The van der Waals surface area contributed by atoms with E-state index in [1.165, 1.54) is 0 Å². The molecule has 0 bridgehead atoms. The van der Waals surface area contributed by atoms with Gasteiger partial charge in [0, 0.05) is 0 Å². The highest BCUT2D eigenvalue weighted by Crippen LogP contribution is 2.16. The molecule has 0 heterocycles. The summed E-state index contributed by atoms with van der Waals surface area (Å²) in [5, 5.41) is 17.2. The fraction of sp³-hybridized carbons (Fsp3) is 0. The van der Waals surface area contributed by atoms with Crippen LogP contribution in [0.25, 0.3) is 11.1 Å². The fourth-order valence-corrected chi connectivity index (χ4v) is 1.00. The molecule has 1 aromatic rings. The second kappa shape index (κ2) is 4.07. The van der Waals surface area contributed by atoms with Gasteiger partial charge in [-0.2, -0.15) is 10.5 Å². The van der Waals surface area contributed by atoms with Gasteiger partial charge in [-0.1, -0.05) is 37.4 Å². The van der Waals surface area contributed by atoms with Crippen molar-refractivity contribution in [3.8, 4) is 12.1 Å². The van der Waals surface area contributed by atoms with Crippen molar-refractivity contribution in [2.75, 3.05) is 0 Å². The van der Waals surface area contributed by atoms with Crippen LogP contribution in [-0.2, 0) is 0 Å². The summed E-state index contributed by atoms with van der Waals surface area (Å²) in [6, 6.07) is 10.9. The maximum absolute atomic E-state index is 8.59. The van der Waals surface area contributed by atoms with Gasteiger partial charge in [-0.25, -0.2) is 0 Å². The van der Waals surface area contributed by atoms with Crippen molar-refractivity contribution in [3.05, 3.63) is 48.6 Å². The van der Waals surface area contributed by atoms with Crippen molar-refractivity contribution >= 4 is 11.1 Å². The summed E-state index contributed by atoms with van der Waals surface area (Å²) in [6.07, 6.45) is 0. The molecule has 0 fully saturated rings. The van der Waals surface area contributed by atoms with Crippen LogP contribution in [0, 0.1) is 22.7 Å². The number of nitrogens with zero attached hydrogens (tertiary/aromatic N) is 2. The molecule has 0 aliphatic rings. The highest BCUT2D eigenvalue weighted by Gasteiger charge is 1.99. The third-order valence-electron chi connectivity index (χ3n) is 1.85. The van der Waals surface area contributed by atoms with Gasteiger partial charge in [0.25, 0.3) is 0 Å². The molecule has 0 radical (unpaired) electrons. The first-order chi connectivity index (χ1) is 6.69. The molecule has 0 spiro atoms. The Morgan fingerprint density at radius 1 is 0.857 bits per heavy atom. The Hall–Kier alpha value is -2.32. The summed E-state index contributed by atoms with van der Waals surface area (Å²) in [4.78, 5) is 0. The molecule has 0 saturated carbocycles. The molecule has 0 N–H and O–H groups in total. The van der Waals surface area contributed by atoms with Crippen molar-refractivity contribution in [2.24, 2.45) is 0 Å². The Labute approximate surface area is 83.0 Å². The van der Waals surface area contributed by atoms with E-state index < -0.39 is 0 Å². The average Bonchev–Trinajstić information content (AvgIpc) is 2.27. The molecule has 1 aromatic carbocycles. The van der Waals surface area contributed by atoms with Gasteiger partial charge in [-0.15, -0.1) is 0 Å². The zero-order chi connectivity index (χ0) is 10.6. The molecule has 0 aliphatic heterocycles. The van der Waals surface area contributed by atoms with E-state index >= 15 is 0 Å². The Morgan fingerprint density at radius 2 is 1.14 bits per heavy atom. The quantitative estimate of drug-likeness (QED) is 0.657. The van der Waals surface area contributed by atoms with Gasteiger partial charge in [0.1, 0.15) is 0 Å². The van der Waals surface area contributed by atoms with Gasteiger partial charge in [0.2, 0.25) is 0 Å². The maximum Gasteiger partial charge on any atom is 0.0991 e. The lowest BCUT2D eigenvalue weighted by Crippen LogP contribution is -1.82. The Balaban J connectivity index is 3.03. The summed E-state index contributed by atoms with van der Waals surface area (Å²) in [6.45, 7) is 7.18. The minimum Gasteiger partial charge on any atom is -0.192 e. The number of nitriles is 2. The zero-order valence-corrected chi connectivity index (χ0v) is 7.62. The second-order valence-corrected chi connectivity index (χ2v) is 2.76. The first-order valence-electron chi connectivity index (χ1n) is 3.98. The molecule has 0 unspecified atom stereocenters. The maximum atomic E-state index is 8.59. The molecule has 1 rings (SSSR count). The van der Waals surface area contributed by atoms with E-state index in [4.69, 9.17) is 10.5 Å². The van der Waals surface area contributed by atoms with Gasteiger partial charge < -0.3 is 0 Å². The number of hydrogen-bond donors (Lipinski definition) is 0. The van der Waals surface area contributed by atoms with Crippen LogP contribution < -0.4 is 0 Å². The summed E-state index contributed by atoms with van der Waals surface area (Å²) >= 11 is 0. The van der Waals surface area contributed by atoms with Crippen LogP contribution in [0.5, 0.6) is 0 Å². The first kappa shape index (κ1) is 9.77. The zero-order valence-electron chi connectivity index (χ0n) is 7.62. The van der Waals surface area contributed by atoms with Crippen LogP contribution in [0.15, 0.2) is 37.4 Å². The number of hydrogen-bond acceptors (Lipinski definition) is 2. The SMILES string of the molecule is C=C(C#N)c1ccc(C(=C)C#N)cc1. The Morgan fingerprint density at radius 3 is 1.36 bits per heavy atom. The summed E-state index contributed by atoms with van der Waals surface area (Å²) < 4.78 is 0. The third kappa shape index (κ3) is 1.88. The number of benzene rings is 1. The van der Waals surface area contributed by atoms with Crippen LogP contribution in [0.4, 0.5) is 0 Å². The van der Waals surface area contributed by atoms with E-state index in [9.17, 15) is 0 Å².